The summed E-state index contributed by atoms with van der Waals surface area (Å²) >= 11 is 4.93. The van der Waals surface area contributed by atoms with E-state index in [1.54, 1.807) is 6.07 Å². The van der Waals surface area contributed by atoms with Gasteiger partial charge in [0.05, 0.1) is 10.0 Å². The highest BCUT2D eigenvalue weighted by atomic mass is 79.9. The summed E-state index contributed by atoms with van der Waals surface area (Å²) in [7, 11) is 0. The molecule has 0 spiro atoms. The second kappa shape index (κ2) is 6.67. The van der Waals surface area contributed by atoms with Gasteiger partial charge in [-0.3, -0.25) is 0 Å². The molecule has 0 fully saturated rings. The molecule has 2 aromatic rings. The standard InChI is InChI=1S/C14H13BrN2O2S/c1-20-12-8-4-7-11(13(12)14(16)17-18)19-10-6-3-2-5-9(10)15/h2-8,18H,1H3,(H2,16,17). The van der Waals surface area contributed by atoms with Gasteiger partial charge in [0.1, 0.15) is 11.5 Å². The largest absolute Gasteiger partial charge is 0.455 e. The summed E-state index contributed by atoms with van der Waals surface area (Å²) in [4.78, 5) is 0.879. The predicted octanol–water partition coefficient (Wildman–Crippen LogP) is 4.06. The summed E-state index contributed by atoms with van der Waals surface area (Å²) in [6.45, 7) is 0. The third kappa shape index (κ3) is 3.08. The molecule has 6 heteroatoms. The lowest BCUT2D eigenvalue weighted by Gasteiger charge is -2.14. The molecule has 20 heavy (non-hydrogen) atoms. The average molecular weight is 353 g/mol. The van der Waals surface area contributed by atoms with Gasteiger partial charge in [-0.25, -0.2) is 0 Å². The van der Waals surface area contributed by atoms with Gasteiger partial charge in [-0.15, -0.1) is 11.8 Å². The minimum absolute atomic E-state index is 0.0250. The number of benzene rings is 2. The number of nitrogens with zero attached hydrogens (tertiary/aromatic N) is 1. The molecular formula is C14H13BrN2O2S. The van der Waals surface area contributed by atoms with Crippen LogP contribution in [0.1, 0.15) is 5.56 Å². The lowest BCUT2D eigenvalue weighted by Crippen LogP contribution is -2.15. The summed E-state index contributed by atoms with van der Waals surface area (Å²) in [6.07, 6.45) is 1.92. The molecule has 2 aromatic carbocycles. The monoisotopic (exact) mass is 352 g/mol. The molecule has 104 valence electrons. The number of oxime groups is 1. The first-order valence-electron chi connectivity index (χ1n) is 5.74. The number of halogens is 1. The maximum Gasteiger partial charge on any atom is 0.175 e. The first kappa shape index (κ1) is 14.7. The Morgan fingerprint density at radius 1 is 1.20 bits per heavy atom. The van der Waals surface area contributed by atoms with Crippen molar-refractivity contribution < 1.29 is 9.94 Å². The van der Waals surface area contributed by atoms with E-state index >= 15 is 0 Å². The van der Waals surface area contributed by atoms with Crippen LogP contribution < -0.4 is 10.5 Å². The lowest BCUT2D eigenvalue weighted by atomic mass is 10.2. The maximum atomic E-state index is 8.94. The molecule has 0 atom stereocenters. The van der Waals surface area contributed by atoms with Gasteiger partial charge >= 0.3 is 0 Å². The van der Waals surface area contributed by atoms with Crippen LogP contribution in [0, 0.1) is 0 Å². The normalized spacial score (nSPS) is 11.4. The van der Waals surface area contributed by atoms with E-state index in [2.05, 4.69) is 21.1 Å². The molecule has 0 bridgehead atoms. The summed E-state index contributed by atoms with van der Waals surface area (Å²) in [5.41, 5.74) is 6.34. The number of hydrogen-bond donors (Lipinski definition) is 2. The van der Waals surface area contributed by atoms with Crippen molar-refractivity contribution in [3.63, 3.8) is 0 Å². The Labute approximate surface area is 129 Å². The molecule has 0 radical (unpaired) electrons. The van der Waals surface area contributed by atoms with Gasteiger partial charge < -0.3 is 15.7 Å². The molecule has 0 saturated carbocycles. The van der Waals surface area contributed by atoms with Crippen molar-refractivity contribution in [3.8, 4) is 11.5 Å². The van der Waals surface area contributed by atoms with E-state index < -0.39 is 0 Å². The SMILES string of the molecule is CSc1cccc(Oc2ccccc2Br)c1/C(N)=N/O. The first-order chi connectivity index (χ1) is 9.67. The zero-order valence-electron chi connectivity index (χ0n) is 10.7. The van der Waals surface area contributed by atoms with E-state index in [0.29, 0.717) is 17.1 Å². The first-order valence-corrected chi connectivity index (χ1v) is 7.76. The van der Waals surface area contributed by atoms with Crippen LogP contribution in [0.25, 0.3) is 0 Å². The van der Waals surface area contributed by atoms with Crippen molar-refractivity contribution in [1.82, 2.24) is 0 Å². The Hall–Kier alpha value is -1.66. The molecule has 0 aromatic heterocycles. The molecule has 2 rings (SSSR count). The molecule has 0 amide bonds. The van der Waals surface area contributed by atoms with Crippen molar-refractivity contribution in [2.45, 2.75) is 4.90 Å². The fraction of sp³-hybridized carbons (Fsp3) is 0.0714. The molecular weight excluding hydrogens is 340 g/mol. The number of ether oxygens (including phenoxy) is 1. The van der Waals surface area contributed by atoms with Crippen molar-refractivity contribution in [1.29, 1.82) is 0 Å². The van der Waals surface area contributed by atoms with Crippen LogP contribution in [0.15, 0.2) is 57.0 Å². The fourth-order valence-corrected chi connectivity index (χ4v) is 2.70. The lowest BCUT2D eigenvalue weighted by molar-refractivity contribution is 0.318. The van der Waals surface area contributed by atoms with Gasteiger partial charge in [-0.2, -0.15) is 0 Å². The summed E-state index contributed by atoms with van der Waals surface area (Å²) in [5.74, 6) is 1.23. The van der Waals surface area contributed by atoms with Gasteiger partial charge in [0, 0.05) is 4.90 Å². The zero-order chi connectivity index (χ0) is 14.5. The van der Waals surface area contributed by atoms with Crippen LogP contribution in [-0.2, 0) is 0 Å². The number of amidine groups is 1. The highest BCUT2D eigenvalue weighted by Crippen LogP contribution is 2.34. The topological polar surface area (TPSA) is 67.8 Å². The number of rotatable bonds is 4. The minimum atomic E-state index is 0.0250. The van der Waals surface area contributed by atoms with Gasteiger partial charge in [0.15, 0.2) is 5.84 Å². The van der Waals surface area contributed by atoms with Gasteiger partial charge in [0.2, 0.25) is 0 Å². The van der Waals surface area contributed by atoms with E-state index in [0.717, 1.165) is 9.37 Å². The van der Waals surface area contributed by atoms with Crippen LogP contribution in [-0.4, -0.2) is 17.3 Å². The van der Waals surface area contributed by atoms with E-state index in [4.69, 9.17) is 15.7 Å². The van der Waals surface area contributed by atoms with Gasteiger partial charge in [-0.1, -0.05) is 23.4 Å². The Morgan fingerprint density at radius 3 is 2.55 bits per heavy atom. The molecule has 0 saturated heterocycles. The second-order valence-corrected chi connectivity index (χ2v) is 5.55. The summed E-state index contributed by atoms with van der Waals surface area (Å²) < 4.78 is 6.71. The fourth-order valence-electron chi connectivity index (χ4n) is 1.71. The maximum absolute atomic E-state index is 8.94. The molecule has 0 heterocycles. The van der Waals surface area contributed by atoms with Crippen molar-refractivity contribution in [2.75, 3.05) is 6.26 Å². The van der Waals surface area contributed by atoms with Crippen LogP contribution in [0.2, 0.25) is 0 Å². The van der Waals surface area contributed by atoms with Crippen molar-refractivity contribution in [3.05, 3.63) is 52.5 Å². The minimum Gasteiger partial charge on any atom is -0.455 e. The van der Waals surface area contributed by atoms with Gasteiger partial charge in [-0.05, 0) is 46.5 Å². The Balaban J connectivity index is 2.49. The number of thioether (sulfide) groups is 1. The summed E-state index contributed by atoms with van der Waals surface area (Å²) in [6, 6.07) is 13.0. The summed E-state index contributed by atoms with van der Waals surface area (Å²) in [5, 5.41) is 12.0. The molecule has 0 aliphatic carbocycles. The third-order valence-electron chi connectivity index (χ3n) is 2.63. The Kier molecular flexibility index (Phi) is 4.92. The van der Waals surface area contributed by atoms with Crippen LogP contribution in [0.4, 0.5) is 0 Å². The highest BCUT2D eigenvalue weighted by Gasteiger charge is 2.15. The van der Waals surface area contributed by atoms with E-state index in [1.807, 2.05) is 42.7 Å². The van der Waals surface area contributed by atoms with E-state index in [1.165, 1.54) is 11.8 Å². The molecule has 4 nitrogen and oxygen atoms in total. The highest BCUT2D eigenvalue weighted by molar-refractivity contribution is 9.10. The van der Waals surface area contributed by atoms with Crippen LogP contribution in [0.3, 0.4) is 0 Å². The van der Waals surface area contributed by atoms with Gasteiger partial charge in [0.25, 0.3) is 0 Å². The molecule has 0 unspecified atom stereocenters. The van der Waals surface area contributed by atoms with Crippen LogP contribution >= 0.6 is 27.7 Å². The number of nitrogens with two attached hydrogens (primary N) is 1. The predicted molar refractivity (Wildman–Crippen MR) is 84.9 cm³/mol. The van der Waals surface area contributed by atoms with E-state index in [9.17, 15) is 0 Å². The average Bonchev–Trinajstić information content (AvgIpc) is 2.48. The Morgan fingerprint density at radius 2 is 1.90 bits per heavy atom. The smallest absolute Gasteiger partial charge is 0.175 e. The van der Waals surface area contributed by atoms with Crippen LogP contribution in [0.5, 0.6) is 11.5 Å². The zero-order valence-corrected chi connectivity index (χ0v) is 13.1. The molecule has 0 aliphatic heterocycles. The molecule has 0 aliphatic rings. The molecule has 3 N–H and O–H groups in total. The number of hydrogen-bond acceptors (Lipinski definition) is 4. The second-order valence-electron chi connectivity index (χ2n) is 3.85. The third-order valence-corrected chi connectivity index (χ3v) is 4.06. The Bertz CT molecular complexity index is 647. The quantitative estimate of drug-likeness (QED) is 0.286. The van der Waals surface area contributed by atoms with Crippen molar-refractivity contribution in [2.24, 2.45) is 10.9 Å². The van der Waals surface area contributed by atoms with Crippen molar-refractivity contribution >= 4 is 33.5 Å². The van der Waals surface area contributed by atoms with E-state index in [-0.39, 0.29) is 5.84 Å². The number of para-hydroxylation sites is 1.